The molecule has 0 saturated carbocycles. The third-order valence-corrected chi connectivity index (χ3v) is 2.07. The smallest absolute Gasteiger partial charge is 0.0581 e. The van der Waals surface area contributed by atoms with Gasteiger partial charge < -0.3 is 15.0 Å². The minimum Gasteiger partial charge on any atom is -0.395 e. The zero-order chi connectivity index (χ0) is 9.68. The summed E-state index contributed by atoms with van der Waals surface area (Å²) in [5, 5.41) is 12.0. The van der Waals surface area contributed by atoms with Crippen LogP contribution in [0.4, 0.5) is 0 Å². The fraction of sp³-hybridized carbons (Fsp3) is 0.600. The quantitative estimate of drug-likeness (QED) is 0.697. The van der Waals surface area contributed by atoms with Crippen LogP contribution in [0.5, 0.6) is 0 Å². The Hall–Kier alpha value is -0.800. The number of nitrogens with one attached hydrogen (secondary N) is 1. The predicted molar refractivity (Wildman–Crippen MR) is 53.7 cm³/mol. The molecule has 1 atom stereocenters. The second-order valence-electron chi connectivity index (χ2n) is 3.47. The Morgan fingerprint density at radius 1 is 1.62 bits per heavy atom. The van der Waals surface area contributed by atoms with Gasteiger partial charge in [0.05, 0.1) is 6.61 Å². The third kappa shape index (κ3) is 3.61. The van der Waals surface area contributed by atoms with E-state index >= 15 is 0 Å². The highest BCUT2D eigenvalue weighted by Gasteiger charge is 1.98. The molecular weight excluding hydrogens is 164 g/mol. The van der Waals surface area contributed by atoms with E-state index in [1.807, 2.05) is 24.7 Å². The van der Waals surface area contributed by atoms with Crippen LogP contribution in [0.25, 0.3) is 0 Å². The van der Waals surface area contributed by atoms with E-state index in [9.17, 15) is 0 Å². The zero-order valence-electron chi connectivity index (χ0n) is 8.33. The van der Waals surface area contributed by atoms with Crippen molar-refractivity contribution in [3.05, 3.63) is 24.0 Å². The van der Waals surface area contributed by atoms with Crippen molar-refractivity contribution in [2.45, 2.75) is 19.4 Å². The van der Waals surface area contributed by atoms with Gasteiger partial charge >= 0.3 is 0 Å². The fourth-order valence-electron chi connectivity index (χ4n) is 1.24. The fourth-order valence-corrected chi connectivity index (χ4v) is 1.24. The largest absolute Gasteiger partial charge is 0.395 e. The van der Waals surface area contributed by atoms with Crippen LogP contribution >= 0.6 is 0 Å². The van der Waals surface area contributed by atoms with Crippen molar-refractivity contribution in [3.63, 3.8) is 0 Å². The van der Waals surface area contributed by atoms with Crippen LogP contribution in [0, 0.1) is 0 Å². The summed E-state index contributed by atoms with van der Waals surface area (Å²) in [6.45, 7) is 3.10. The summed E-state index contributed by atoms with van der Waals surface area (Å²) in [6.07, 6.45) is 5.18. The molecule has 2 N–H and O–H groups in total. The molecule has 3 heteroatoms. The van der Waals surface area contributed by atoms with Crippen LogP contribution in [0.1, 0.15) is 12.5 Å². The molecule has 0 bridgehead atoms. The second kappa shape index (κ2) is 5.04. The van der Waals surface area contributed by atoms with Gasteiger partial charge in [-0.05, 0) is 31.5 Å². The number of hydrogen-bond acceptors (Lipinski definition) is 2. The van der Waals surface area contributed by atoms with Gasteiger partial charge in [0, 0.05) is 25.5 Å². The minimum absolute atomic E-state index is 0.198. The molecule has 1 aromatic rings. The van der Waals surface area contributed by atoms with E-state index in [1.165, 1.54) is 5.56 Å². The molecule has 1 heterocycles. The van der Waals surface area contributed by atoms with Crippen LogP contribution in [0.2, 0.25) is 0 Å². The standard InChI is InChI=1S/C10H18N2O/c1-9(8-13)11-5-3-10-4-6-12(2)7-10/h4,6-7,9,11,13H,3,5,8H2,1-2H3. The SMILES string of the molecule is CC(CO)NCCc1ccn(C)c1. The monoisotopic (exact) mass is 182 g/mol. The minimum atomic E-state index is 0.198. The van der Waals surface area contributed by atoms with Gasteiger partial charge in [-0.2, -0.15) is 0 Å². The number of aromatic nitrogens is 1. The van der Waals surface area contributed by atoms with Crippen molar-refractivity contribution < 1.29 is 5.11 Å². The summed E-state index contributed by atoms with van der Waals surface area (Å²) in [5.41, 5.74) is 1.33. The number of aliphatic hydroxyl groups is 1. The first kappa shape index (κ1) is 10.3. The molecule has 0 aliphatic carbocycles. The zero-order valence-corrected chi connectivity index (χ0v) is 8.33. The van der Waals surface area contributed by atoms with E-state index in [4.69, 9.17) is 5.11 Å². The lowest BCUT2D eigenvalue weighted by Crippen LogP contribution is -2.30. The Morgan fingerprint density at radius 2 is 2.38 bits per heavy atom. The van der Waals surface area contributed by atoms with Crippen molar-refractivity contribution >= 4 is 0 Å². The van der Waals surface area contributed by atoms with Crippen LogP contribution in [-0.4, -0.2) is 28.9 Å². The number of aliphatic hydroxyl groups excluding tert-OH is 1. The van der Waals surface area contributed by atoms with Gasteiger partial charge in [0.25, 0.3) is 0 Å². The molecule has 1 aromatic heterocycles. The number of rotatable bonds is 5. The molecule has 0 aliphatic rings. The van der Waals surface area contributed by atoms with Gasteiger partial charge in [0.2, 0.25) is 0 Å². The molecule has 74 valence electrons. The molecule has 0 saturated heterocycles. The van der Waals surface area contributed by atoms with E-state index < -0.39 is 0 Å². The average molecular weight is 182 g/mol. The number of hydrogen-bond donors (Lipinski definition) is 2. The van der Waals surface area contributed by atoms with Crippen LogP contribution < -0.4 is 5.32 Å². The van der Waals surface area contributed by atoms with Gasteiger partial charge in [-0.15, -0.1) is 0 Å². The molecule has 0 fully saturated rings. The Kier molecular flexibility index (Phi) is 3.99. The van der Waals surface area contributed by atoms with Crippen molar-refractivity contribution in [1.29, 1.82) is 0 Å². The van der Waals surface area contributed by atoms with E-state index in [1.54, 1.807) is 0 Å². The maximum Gasteiger partial charge on any atom is 0.0581 e. The molecule has 13 heavy (non-hydrogen) atoms. The highest BCUT2D eigenvalue weighted by Crippen LogP contribution is 1.99. The Labute approximate surface area is 79.4 Å². The first-order chi connectivity index (χ1) is 6.22. The Morgan fingerprint density at radius 3 is 2.92 bits per heavy atom. The maximum absolute atomic E-state index is 8.77. The molecule has 1 unspecified atom stereocenters. The summed E-state index contributed by atoms with van der Waals surface area (Å²) in [7, 11) is 2.02. The molecular formula is C10H18N2O. The van der Waals surface area contributed by atoms with Crippen LogP contribution in [0.15, 0.2) is 18.5 Å². The summed E-state index contributed by atoms with van der Waals surface area (Å²) in [6, 6.07) is 2.31. The van der Waals surface area contributed by atoms with Crippen molar-refractivity contribution in [2.24, 2.45) is 7.05 Å². The predicted octanol–water partition coefficient (Wildman–Crippen LogP) is 0.538. The normalized spacial score (nSPS) is 13.2. The number of nitrogens with zero attached hydrogens (tertiary/aromatic N) is 1. The highest BCUT2D eigenvalue weighted by atomic mass is 16.3. The number of aryl methyl sites for hydroxylation is 1. The summed E-state index contributed by atoms with van der Waals surface area (Å²) >= 11 is 0. The summed E-state index contributed by atoms with van der Waals surface area (Å²) < 4.78 is 2.05. The van der Waals surface area contributed by atoms with Crippen LogP contribution in [-0.2, 0) is 13.5 Å². The first-order valence-corrected chi connectivity index (χ1v) is 4.67. The lowest BCUT2D eigenvalue weighted by Gasteiger charge is -2.09. The topological polar surface area (TPSA) is 37.2 Å². The maximum atomic E-state index is 8.77. The van der Waals surface area contributed by atoms with Crippen LogP contribution in [0.3, 0.4) is 0 Å². The van der Waals surface area contributed by atoms with Gasteiger partial charge in [0.15, 0.2) is 0 Å². The summed E-state index contributed by atoms with van der Waals surface area (Å²) in [4.78, 5) is 0. The third-order valence-electron chi connectivity index (χ3n) is 2.07. The van der Waals surface area contributed by atoms with E-state index in [0.717, 1.165) is 13.0 Å². The van der Waals surface area contributed by atoms with Crippen molar-refractivity contribution in [3.8, 4) is 0 Å². The lowest BCUT2D eigenvalue weighted by molar-refractivity contribution is 0.252. The van der Waals surface area contributed by atoms with Crippen molar-refractivity contribution in [1.82, 2.24) is 9.88 Å². The van der Waals surface area contributed by atoms with Gasteiger partial charge in [0.1, 0.15) is 0 Å². The van der Waals surface area contributed by atoms with E-state index in [2.05, 4.69) is 17.6 Å². The van der Waals surface area contributed by atoms with Gasteiger partial charge in [-0.25, -0.2) is 0 Å². The van der Waals surface area contributed by atoms with Crippen molar-refractivity contribution in [2.75, 3.05) is 13.2 Å². The van der Waals surface area contributed by atoms with E-state index in [0.29, 0.717) is 0 Å². The molecule has 0 spiro atoms. The van der Waals surface area contributed by atoms with Gasteiger partial charge in [-0.1, -0.05) is 0 Å². The molecule has 0 aliphatic heterocycles. The molecule has 1 rings (SSSR count). The lowest BCUT2D eigenvalue weighted by atomic mass is 10.2. The molecule has 3 nitrogen and oxygen atoms in total. The molecule has 0 radical (unpaired) electrons. The van der Waals surface area contributed by atoms with E-state index in [-0.39, 0.29) is 12.6 Å². The molecule has 0 amide bonds. The highest BCUT2D eigenvalue weighted by molar-refractivity contribution is 5.10. The Bertz CT molecular complexity index is 245. The molecule has 0 aromatic carbocycles. The second-order valence-corrected chi connectivity index (χ2v) is 3.47. The summed E-state index contributed by atoms with van der Waals surface area (Å²) in [5.74, 6) is 0. The average Bonchev–Trinajstić information content (AvgIpc) is 2.51. The van der Waals surface area contributed by atoms with Gasteiger partial charge in [-0.3, -0.25) is 0 Å². The Balaban J connectivity index is 2.20. The first-order valence-electron chi connectivity index (χ1n) is 4.67.